The fourth-order valence-corrected chi connectivity index (χ4v) is 3.67. The van der Waals surface area contributed by atoms with Gasteiger partial charge in [-0.05, 0) is 34.9 Å². The minimum Gasteiger partial charge on any atom is -0.0648 e. The fourth-order valence-electron chi connectivity index (χ4n) is 3.67. The second-order valence-electron chi connectivity index (χ2n) is 5.39. The highest BCUT2D eigenvalue weighted by Gasteiger charge is 2.36. The molecule has 3 atom stereocenters. The van der Waals surface area contributed by atoms with Gasteiger partial charge in [-0.15, -0.1) is 0 Å². The summed E-state index contributed by atoms with van der Waals surface area (Å²) in [7, 11) is 0. The Morgan fingerprint density at radius 1 is 0.833 bits per heavy atom. The topological polar surface area (TPSA) is 0 Å². The minimum atomic E-state index is 0.576. The van der Waals surface area contributed by atoms with Crippen molar-refractivity contribution in [1.82, 2.24) is 0 Å². The highest BCUT2D eigenvalue weighted by atomic mass is 14.4. The third-order valence-corrected chi connectivity index (χ3v) is 4.49. The molecule has 2 aromatic carbocycles. The van der Waals surface area contributed by atoms with Crippen LogP contribution in [0.5, 0.6) is 0 Å². The van der Waals surface area contributed by atoms with Crippen LogP contribution in [0, 0.1) is 5.92 Å². The molecule has 18 heavy (non-hydrogen) atoms. The zero-order valence-corrected chi connectivity index (χ0v) is 11.1. The zero-order chi connectivity index (χ0) is 12.5. The van der Waals surface area contributed by atoms with Crippen molar-refractivity contribution in [1.29, 1.82) is 0 Å². The Balaban J connectivity index is 2.11. The number of hydrogen-bond acceptors (Lipinski definition) is 0. The van der Waals surface area contributed by atoms with Crippen molar-refractivity contribution in [2.24, 2.45) is 5.92 Å². The second-order valence-corrected chi connectivity index (χ2v) is 5.39. The van der Waals surface area contributed by atoms with Gasteiger partial charge >= 0.3 is 0 Å². The lowest BCUT2D eigenvalue weighted by molar-refractivity contribution is 0.448. The molecule has 0 aliphatic heterocycles. The SMILES string of the molecule is CC[C@@H]1c2ccccc2[C@@H](c2ccccc2)[C@H]1C. The molecule has 3 rings (SSSR count). The summed E-state index contributed by atoms with van der Waals surface area (Å²) in [6, 6.07) is 20.0. The van der Waals surface area contributed by atoms with E-state index in [9.17, 15) is 0 Å². The molecule has 1 aliphatic rings. The van der Waals surface area contributed by atoms with Gasteiger partial charge in [-0.3, -0.25) is 0 Å². The predicted octanol–water partition coefficient (Wildman–Crippen LogP) is 4.96. The van der Waals surface area contributed by atoms with E-state index in [0.717, 1.165) is 0 Å². The molecule has 0 spiro atoms. The Kier molecular flexibility index (Phi) is 2.95. The maximum absolute atomic E-state index is 2.41. The maximum atomic E-state index is 2.41. The Bertz CT molecular complexity index is 527. The van der Waals surface area contributed by atoms with Gasteiger partial charge in [-0.2, -0.15) is 0 Å². The zero-order valence-electron chi connectivity index (χ0n) is 11.1. The summed E-state index contributed by atoms with van der Waals surface area (Å²) in [6.07, 6.45) is 1.24. The van der Waals surface area contributed by atoms with Crippen molar-refractivity contribution in [2.75, 3.05) is 0 Å². The summed E-state index contributed by atoms with van der Waals surface area (Å²) in [5.74, 6) is 1.99. The van der Waals surface area contributed by atoms with E-state index in [1.165, 1.54) is 12.0 Å². The van der Waals surface area contributed by atoms with Gasteiger partial charge in [-0.1, -0.05) is 68.4 Å². The van der Waals surface area contributed by atoms with Crippen LogP contribution in [0.2, 0.25) is 0 Å². The lowest BCUT2D eigenvalue weighted by Crippen LogP contribution is -2.09. The van der Waals surface area contributed by atoms with Gasteiger partial charge in [0.1, 0.15) is 0 Å². The first-order chi connectivity index (χ1) is 8.83. The lowest BCUT2D eigenvalue weighted by Gasteiger charge is -2.21. The molecule has 0 radical (unpaired) electrons. The van der Waals surface area contributed by atoms with Gasteiger partial charge in [0.05, 0.1) is 0 Å². The van der Waals surface area contributed by atoms with Crippen molar-refractivity contribution >= 4 is 0 Å². The first-order valence-corrected chi connectivity index (χ1v) is 6.96. The van der Waals surface area contributed by atoms with Crippen LogP contribution in [0.15, 0.2) is 54.6 Å². The van der Waals surface area contributed by atoms with Crippen molar-refractivity contribution in [3.63, 3.8) is 0 Å². The Morgan fingerprint density at radius 2 is 1.44 bits per heavy atom. The summed E-state index contributed by atoms with van der Waals surface area (Å²) < 4.78 is 0. The number of hydrogen-bond donors (Lipinski definition) is 0. The lowest BCUT2D eigenvalue weighted by atomic mass is 9.83. The molecular formula is C18H20. The highest BCUT2D eigenvalue weighted by molar-refractivity contribution is 5.45. The standard InChI is InChI=1S/C18H20/c1-3-15-13(2)18(14-9-5-4-6-10-14)17-12-8-7-11-16(15)17/h4-13,15,18H,3H2,1-2H3/t13-,15-,18+/m0/s1. The minimum absolute atomic E-state index is 0.576. The summed E-state index contributed by atoms with van der Waals surface area (Å²) in [6.45, 7) is 4.72. The molecule has 0 heteroatoms. The summed E-state index contributed by atoms with van der Waals surface area (Å²) >= 11 is 0. The van der Waals surface area contributed by atoms with Crippen molar-refractivity contribution in [3.05, 3.63) is 71.3 Å². The molecule has 0 unspecified atom stereocenters. The van der Waals surface area contributed by atoms with Gasteiger partial charge in [0, 0.05) is 5.92 Å². The van der Waals surface area contributed by atoms with Crippen LogP contribution < -0.4 is 0 Å². The molecule has 0 saturated carbocycles. The summed E-state index contributed by atoms with van der Waals surface area (Å²) in [5, 5.41) is 0. The molecule has 0 aromatic heterocycles. The van der Waals surface area contributed by atoms with Crippen LogP contribution in [0.4, 0.5) is 0 Å². The average molecular weight is 236 g/mol. The predicted molar refractivity (Wildman–Crippen MR) is 76.9 cm³/mol. The highest BCUT2D eigenvalue weighted by Crippen LogP contribution is 2.50. The molecule has 0 amide bonds. The number of rotatable bonds is 2. The van der Waals surface area contributed by atoms with Crippen LogP contribution in [0.3, 0.4) is 0 Å². The normalized spacial score (nSPS) is 26.0. The average Bonchev–Trinajstić information content (AvgIpc) is 2.71. The molecule has 0 saturated heterocycles. The quantitative estimate of drug-likeness (QED) is 0.691. The molecule has 0 fully saturated rings. The van der Waals surface area contributed by atoms with E-state index >= 15 is 0 Å². The van der Waals surface area contributed by atoms with E-state index in [4.69, 9.17) is 0 Å². The molecule has 0 bridgehead atoms. The largest absolute Gasteiger partial charge is 0.0648 e. The molecule has 1 aliphatic carbocycles. The first kappa shape index (κ1) is 11.5. The van der Waals surface area contributed by atoms with Crippen molar-refractivity contribution < 1.29 is 0 Å². The van der Waals surface area contributed by atoms with E-state index < -0.39 is 0 Å². The van der Waals surface area contributed by atoms with E-state index in [0.29, 0.717) is 17.8 Å². The van der Waals surface area contributed by atoms with E-state index in [-0.39, 0.29) is 0 Å². The van der Waals surface area contributed by atoms with Crippen LogP contribution in [0.1, 0.15) is 48.8 Å². The van der Waals surface area contributed by atoms with E-state index in [1.54, 1.807) is 11.1 Å². The van der Waals surface area contributed by atoms with Gasteiger partial charge in [0.15, 0.2) is 0 Å². The molecule has 92 valence electrons. The Morgan fingerprint density at radius 3 is 2.11 bits per heavy atom. The summed E-state index contributed by atoms with van der Waals surface area (Å²) in [4.78, 5) is 0. The molecule has 0 N–H and O–H groups in total. The van der Waals surface area contributed by atoms with Crippen LogP contribution >= 0.6 is 0 Å². The van der Waals surface area contributed by atoms with Crippen molar-refractivity contribution in [2.45, 2.75) is 32.1 Å². The fraction of sp³-hybridized carbons (Fsp3) is 0.333. The van der Waals surface area contributed by atoms with Crippen LogP contribution in [-0.4, -0.2) is 0 Å². The van der Waals surface area contributed by atoms with Gasteiger partial charge < -0.3 is 0 Å². The van der Waals surface area contributed by atoms with E-state index in [1.807, 2.05) is 0 Å². The number of benzene rings is 2. The van der Waals surface area contributed by atoms with Crippen LogP contribution in [0.25, 0.3) is 0 Å². The molecule has 0 nitrogen and oxygen atoms in total. The van der Waals surface area contributed by atoms with Gasteiger partial charge in [-0.25, -0.2) is 0 Å². The molecule has 2 aromatic rings. The van der Waals surface area contributed by atoms with Crippen LogP contribution in [-0.2, 0) is 0 Å². The Labute approximate surface area is 110 Å². The Hall–Kier alpha value is -1.56. The monoisotopic (exact) mass is 236 g/mol. The smallest absolute Gasteiger partial charge is 0.0124 e. The third-order valence-electron chi connectivity index (χ3n) is 4.49. The van der Waals surface area contributed by atoms with Crippen molar-refractivity contribution in [3.8, 4) is 0 Å². The van der Waals surface area contributed by atoms with Gasteiger partial charge in [0.25, 0.3) is 0 Å². The van der Waals surface area contributed by atoms with E-state index in [2.05, 4.69) is 68.4 Å². The molecular weight excluding hydrogens is 216 g/mol. The molecule has 0 heterocycles. The maximum Gasteiger partial charge on any atom is 0.0124 e. The van der Waals surface area contributed by atoms with Gasteiger partial charge in [0.2, 0.25) is 0 Å². The summed E-state index contributed by atoms with van der Waals surface area (Å²) in [5.41, 5.74) is 4.58. The third kappa shape index (κ3) is 1.68. The second kappa shape index (κ2) is 4.61. The first-order valence-electron chi connectivity index (χ1n) is 6.96. The number of fused-ring (bicyclic) bond motifs is 1.